The van der Waals surface area contributed by atoms with E-state index in [1.165, 1.54) is 30.3 Å². The number of aromatic amines is 2. The minimum absolute atomic E-state index is 0.0309. The zero-order valence-electron chi connectivity index (χ0n) is 12.2. The predicted octanol–water partition coefficient (Wildman–Crippen LogP) is 0.834. The lowest BCUT2D eigenvalue weighted by molar-refractivity contribution is 0.574. The first-order valence-electron chi connectivity index (χ1n) is 6.86. The molecule has 0 aliphatic heterocycles. The number of benzene rings is 2. The van der Waals surface area contributed by atoms with Crippen molar-refractivity contribution in [2.24, 2.45) is 0 Å². The Morgan fingerprint density at radius 1 is 1.04 bits per heavy atom. The lowest BCUT2D eigenvalue weighted by Gasteiger charge is -2.08. The van der Waals surface area contributed by atoms with Crippen molar-refractivity contribution in [2.45, 2.75) is 11.4 Å². The third kappa shape index (κ3) is 3.12. The van der Waals surface area contributed by atoms with E-state index in [-0.39, 0.29) is 27.9 Å². The van der Waals surface area contributed by atoms with E-state index < -0.39 is 27.1 Å². The summed E-state index contributed by atoms with van der Waals surface area (Å²) in [5.74, 6) is -0.521. The third-order valence-electron chi connectivity index (χ3n) is 3.43. The Morgan fingerprint density at radius 2 is 1.79 bits per heavy atom. The first kappa shape index (κ1) is 16.1. The van der Waals surface area contributed by atoms with Crippen LogP contribution in [0, 0.1) is 5.82 Å². The van der Waals surface area contributed by atoms with Gasteiger partial charge in [-0.05, 0) is 24.3 Å². The SMILES string of the molecule is O=c1[nH]c(=O)c2cc(S(=O)(=O)NCc3ccccc3F)ccc2[nH]1. The highest BCUT2D eigenvalue weighted by Gasteiger charge is 2.16. The quantitative estimate of drug-likeness (QED) is 0.648. The second kappa shape index (κ2) is 6.02. The van der Waals surface area contributed by atoms with Gasteiger partial charge in [0, 0.05) is 12.1 Å². The molecule has 0 fully saturated rings. The molecule has 0 spiro atoms. The van der Waals surface area contributed by atoms with Gasteiger partial charge in [0.25, 0.3) is 5.56 Å². The van der Waals surface area contributed by atoms with Crippen LogP contribution in [-0.2, 0) is 16.6 Å². The fourth-order valence-corrected chi connectivity index (χ4v) is 3.24. The lowest BCUT2D eigenvalue weighted by Crippen LogP contribution is -2.25. The Kier molecular flexibility index (Phi) is 4.04. The maximum Gasteiger partial charge on any atom is 0.326 e. The maximum absolute atomic E-state index is 13.6. The molecule has 124 valence electrons. The van der Waals surface area contributed by atoms with Crippen molar-refractivity contribution in [3.8, 4) is 0 Å². The Bertz CT molecular complexity index is 1140. The number of fused-ring (bicyclic) bond motifs is 1. The molecule has 7 nitrogen and oxygen atoms in total. The van der Waals surface area contributed by atoms with Crippen molar-refractivity contribution in [1.29, 1.82) is 0 Å². The van der Waals surface area contributed by atoms with E-state index in [0.29, 0.717) is 0 Å². The summed E-state index contributed by atoms with van der Waals surface area (Å²) < 4.78 is 40.5. The Balaban J connectivity index is 1.95. The molecule has 3 rings (SSSR count). The summed E-state index contributed by atoms with van der Waals surface area (Å²) in [5.41, 5.74) is -0.957. The Hall–Kier alpha value is -2.78. The molecule has 9 heteroatoms. The smallest absolute Gasteiger partial charge is 0.307 e. The van der Waals surface area contributed by atoms with Gasteiger partial charge in [-0.3, -0.25) is 9.78 Å². The summed E-state index contributed by atoms with van der Waals surface area (Å²) in [6.45, 7) is -0.227. The first-order valence-corrected chi connectivity index (χ1v) is 8.34. The van der Waals surface area contributed by atoms with Gasteiger partial charge in [0.05, 0.1) is 15.8 Å². The molecular formula is C15H12FN3O4S. The van der Waals surface area contributed by atoms with Gasteiger partial charge in [0.1, 0.15) is 5.82 Å². The highest BCUT2D eigenvalue weighted by molar-refractivity contribution is 7.89. The molecule has 1 heterocycles. The van der Waals surface area contributed by atoms with E-state index in [1.54, 1.807) is 6.07 Å². The molecule has 3 N–H and O–H groups in total. The van der Waals surface area contributed by atoms with Crippen molar-refractivity contribution < 1.29 is 12.8 Å². The lowest BCUT2D eigenvalue weighted by atomic mass is 10.2. The van der Waals surface area contributed by atoms with Crippen LogP contribution in [0.5, 0.6) is 0 Å². The van der Waals surface area contributed by atoms with Crippen LogP contribution >= 0.6 is 0 Å². The van der Waals surface area contributed by atoms with Crippen LogP contribution in [0.25, 0.3) is 10.9 Å². The molecule has 0 aliphatic rings. The van der Waals surface area contributed by atoms with Gasteiger partial charge in [-0.2, -0.15) is 0 Å². The fraction of sp³-hybridized carbons (Fsp3) is 0.0667. The number of aromatic nitrogens is 2. The van der Waals surface area contributed by atoms with Gasteiger partial charge in [-0.1, -0.05) is 18.2 Å². The van der Waals surface area contributed by atoms with Gasteiger partial charge < -0.3 is 4.98 Å². The summed E-state index contributed by atoms with van der Waals surface area (Å²) in [4.78, 5) is 27.2. The maximum atomic E-state index is 13.6. The van der Waals surface area contributed by atoms with Crippen LogP contribution in [-0.4, -0.2) is 18.4 Å². The molecule has 0 amide bonds. The van der Waals surface area contributed by atoms with Crippen LogP contribution in [0.15, 0.2) is 56.9 Å². The largest absolute Gasteiger partial charge is 0.326 e. The molecule has 0 unspecified atom stereocenters. The van der Waals surface area contributed by atoms with Crippen LogP contribution in [0.3, 0.4) is 0 Å². The fourth-order valence-electron chi connectivity index (χ4n) is 2.21. The van der Waals surface area contributed by atoms with E-state index >= 15 is 0 Å². The molecule has 0 atom stereocenters. The summed E-state index contributed by atoms with van der Waals surface area (Å²) in [7, 11) is -3.96. The first-order chi connectivity index (χ1) is 11.4. The summed E-state index contributed by atoms with van der Waals surface area (Å²) in [5, 5.41) is 0.0309. The molecule has 0 radical (unpaired) electrons. The monoisotopic (exact) mass is 349 g/mol. The van der Waals surface area contributed by atoms with Gasteiger partial charge in [0.15, 0.2) is 0 Å². The van der Waals surface area contributed by atoms with Crippen LogP contribution in [0.4, 0.5) is 4.39 Å². The number of H-pyrrole nitrogens is 2. The summed E-state index contributed by atoms with van der Waals surface area (Å²) in [6.07, 6.45) is 0. The zero-order valence-corrected chi connectivity index (χ0v) is 13.0. The highest BCUT2D eigenvalue weighted by Crippen LogP contribution is 2.15. The standard InChI is InChI=1S/C15H12FN3O4S/c16-12-4-2-1-3-9(12)8-17-24(22,23)10-5-6-13-11(7-10)14(20)19-15(21)18-13/h1-7,17H,8H2,(H2,18,19,20,21). The van der Waals surface area contributed by atoms with Crippen molar-refractivity contribution in [3.05, 3.63) is 74.7 Å². The van der Waals surface area contributed by atoms with E-state index in [0.717, 1.165) is 6.07 Å². The topological polar surface area (TPSA) is 112 Å². The number of halogens is 1. The summed E-state index contributed by atoms with van der Waals surface area (Å²) >= 11 is 0. The highest BCUT2D eigenvalue weighted by atomic mass is 32.2. The van der Waals surface area contributed by atoms with E-state index in [4.69, 9.17) is 0 Å². The molecule has 3 aromatic rings. The van der Waals surface area contributed by atoms with Crippen LogP contribution in [0.1, 0.15) is 5.56 Å². The molecule has 0 aliphatic carbocycles. The molecule has 0 bridgehead atoms. The Morgan fingerprint density at radius 3 is 2.54 bits per heavy atom. The minimum Gasteiger partial charge on any atom is -0.307 e. The minimum atomic E-state index is -3.96. The number of nitrogens with one attached hydrogen (secondary N) is 3. The predicted molar refractivity (Wildman–Crippen MR) is 85.6 cm³/mol. The van der Waals surface area contributed by atoms with Gasteiger partial charge in [0.2, 0.25) is 10.0 Å². The average Bonchev–Trinajstić information content (AvgIpc) is 2.53. The molecule has 24 heavy (non-hydrogen) atoms. The van der Waals surface area contributed by atoms with Crippen LogP contribution < -0.4 is 16.0 Å². The number of sulfonamides is 1. The molecule has 0 saturated carbocycles. The molecule has 2 aromatic carbocycles. The van der Waals surface area contributed by atoms with Gasteiger partial charge in [-0.25, -0.2) is 22.3 Å². The molecular weight excluding hydrogens is 337 g/mol. The van der Waals surface area contributed by atoms with E-state index in [9.17, 15) is 22.4 Å². The third-order valence-corrected chi connectivity index (χ3v) is 4.83. The zero-order chi connectivity index (χ0) is 17.3. The van der Waals surface area contributed by atoms with Crippen molar-refractivity contribution >= 4 is 20.9 Å². The molecule has 1 aromatic heterocycles. The normalized spacial score (nSPS) is 11.7. The van der Waals surface area contributed by atoms with Crippen molar-refractivity contribution in [3.63, 3.8) is 0 Å². The van der Waals surface area contributed by atoms with Crippen LogP contribution in [0.2, 0.25) is 0 Å². The van der Waals surface area contributed by atoms with Crippen molar-refractivity contribution in [1.82, 2.24) is 14.7 Å². The van der Waals surface area contributed by atoms with Crippen molar-refractivity contribution in [2.75, 3.05) is 0 Å². The number of hydrogen-bond donors (Lipinski definition) is 3. The van der Waals surface area contributed by atoms with E-state index in [2.05, 4.69) is 9.71 Å². The number of rotatable bonds is 4. The average molecular weight is 349 g/mol. The molecule has 0 saturated heterocycles. The second-order valence-corrected chi connectivity index (χ2v) is 6.80. The van der Waals surface area contributed by atoms with Gasteiger partial charge in [-0.15, -0.1) is 0 Å². The second-order valence-electron chi connectivity index (χ2n) is 5.03. The van der Waals surface area contributed by atoms with E-state index in [1.807, 2.05) is 4.98 Å². The Labute approximate surface area is 135 Å². The van der Waals surface area contributed by atoms with Gasteiger partial charge >= 0.3 is 5.69 Å². The summed E-state index contributed by atoms with van der Waals surface area (Å²) in [6, 6.07) is 9.52. The number of hydrogen-bond acceptors (Lipinski definition) is 4.